The van der Waals surface area contributed by atoms with Gasteiger partial charge in [0.2, 0.25) is 11.8 Å². The fraction of sp³-hybridized carbons (Fsp3) is 0.423. The minimum absolute atomic E-state index is 0.186. The summed E-state index contributed by atoms with van der Waals surface area (Å²) in [4.78, 5) is 41.5. The molecule has 7 heteroatoms. The number of hydrogen-bond donors (Lipinski definition) is 1. The van der Waals surface area contributed by atoms with Gasteiger partial charge >= 0.3 is 5.97 Å². The molecule has 2 heterocycles. The molecule has 4 rings (SSSR count). The van der Waals surface area contributed by atoms with Crippen LogP contribution in [-0.4, -0.2) is 37.0 Å². The van der Waals surface area contributed by atoms with Gasteiger partial charge in [0.05, 0.1) is 31.2 Å². The van der Waals surface area contributed by atoms with Gasteiger partial charge in [0.1, 0.15) is 11.3 Å². The average Bonchev–Trinajstić information content (AvgIpc) is 3.27. The molecule has 0 aromatic heterocycles. The Morgan fingerprint density at radius 2 is 1.70 bits per heavy atom. The summed E-state index contributed by atoms with van der Waals surface area (Å²) in [6.07, 6.45) is 0. The van der Waals surface area contributed by atoms with Gasteiger partial charge in [-0.15, -0.1) is 0 Å². The molecule has 2 aromatic carbocycles. The van der Waals surface area contributed by atoms with Crippen molar-refractivity contribution in [1.29, 1.82) is 0 Å². The van der Waals surface area contributed by atoms with Crippen LogP contribution in [0.1, 0.15) is 50.8 Å². The first-order valence-corrected chi connectivity index (χ1v) is 11.3. The lowest BCUT2D eigenvalue weighted by molar-refractivity contribution is -0.153. The number of benzene rings is 2. The predicted molar refractivity (Wildman–Crippen MR) is 124 cm³/mol. The lowest BCUT2D eigenvalue weighted by atomic mass is 9.80. The summed E-state index contributed by atoms with van der Waals surface area (Å²) in [7, 11) is 1.55. The van der Waals surface area contributed by atoms with Crippen LogP contribution < -0.4 is 15.0 Å². The summed E-state index contributed by atoms with van der Waals surface area (Å²) in [6, 6.07) is 14.3. The number of hydrogen-bond acceptors (Lipinski definition) is 6. The van der Waals surface area contributed by atoms with Gasteiger partial charge in [0, 0.05) is 6.04 Å². The Morgan fingerprint density at radius 3 is 2.24 bits per heavy atom. The van der Waals surface area contributed by atoms with E-state index in [0.29, 0.717) is 17.4 Å². The third kappa shape index (κ3) is 3.70. The van der Waals surface area contributed by atoms with Crippen LogP contribution in [0.15, 0.2) is 48.5 Å². The van der Waals surface area contributed by atoms with E-state index in [4.69, 9.17) is 9.47 Å². The number of esters is 1. The highest BCUT2D eigenvalue weighted by atomic mass is 16.5. The number of nitrogens with zero attached hydrogens (tertiary/aromatic N) is 1. The summed E-state index contributed by atoms with van der Waals surface area (Å²) in [5, 5.41) is 3.31. The minimum atomic E-state index is -1.32. The average molecular weight is 451 g/mol. The standard InChI is InChI=1S/C26H30N2O5/c1-6-33-25(31)26(4)21-20(22(27-26)17-9-7-16(8-10-17)15(2)3)23(29)28(24(21)30)18-11-13-19(32-5)14-12-18/h7-15,20-22,27H,6H2,1-5H3/t20-,21+,22-,26-/m1/s1. The number of carbonyl (C=O) groups excluding carboxylic acids is 3. The van der Waals surface area contributed by atoms with Crippen LogP contribution in [0.25, 0.3) is 0 Å². The molecule has 2 amide bonds. The number of ether oxygens (including phenoxy) is 2. The molecule has 33 heavy (non-hydrogen) atoms. The highest BCUT2D eigenvalue weighted by molar-refractivity contribution is 6.24. The van der Waals surface area contributed by atoms with Crippen LogP contribution in [0.3, 0.4) is 0 Å². The van der Waals surface area contributed by atoms with Crippen LogP contribution in [0, 0.1) is 11.8 Å². The van der Waals surface area contributed by atoms with Crippen LogP contribution in [0.2, 0.25) is 0 Å². The Hall–Kier alpha value is -3.19. The van der Waals surface area contributed by atoms with Gasteiger partial charge in [0.25, 0.3) is 0 Å². The largest absolute Gasteiger partial charge is 0.497 e. The molecular formula is C26H30N2O5. The second kappa shape index (κ2) is 8.63. The molecule has 0 aliphatic carbocycles. The van der Waals surface area contributed by atoms with Gasteiger partial charge in [0.15, 0.2) is 0 Å². The molecule has 174 valence electrons. The molecule has 2 aromatic rings. The van der Waals surface area contributed by atoms with Crippen molar-refractivity contribution in [1.82, 2.24) is 5.32 Å². The third-order valence-corrected chi connectivity index (χ3v) is 6.78. The van der Waals surface area contributed by atoms with Crippen LogP contribution in [0.5, 0.6) is 5.75 Å². The molecule has 2 fully saturated rings. The number of amides is 2. The zero-order valence-electron chi connectivity index (χ0n) is 19.6. The minimum Gasteiger partial charge on any atom is -0.497 e. The maximum absolute atomic E-state index is 13.7. The van der Waals surface area contributed by atoms with E-state index in [1.165, 1.54) is 10.5 Å². The molecule has 2 aliphatic heterocycles. The van der Waals surface area contributed by atoms with Crippen molar-refractivity contribution in [2.75, 3.05) is 18.6 Å². The van der Waals surface area contributed by atoms with E-state index in [1.54, 1.807) is 45.2 Å². The number of nitrogens with one attached hydrogen (secondary N) is 1. The van der Waals surface area contributed by atoms with Crippen LogP contribution >= 0.6 is 0 Å². The Labute approximate surface area is 194 Å². The molecule has 0 unspecified atom stereocenters. The molecule has 0 radical (unpaired) electrons. The van der Waals surface area contributed by atoms with Crippen molar-refractivity contribution in [2.45, 2.75) is 45.2 Å². The fourth-order valence-corrected chi connectivity index (χ4v) is 4.97. The van der Waals surface area contributed by atoms with E-state index < -0.39 is 35.3 Å². The summed E-state index contributed by atoms with van der Waals surface area (Å²) < 4.78 is 10.5. The number of methoxy groups -OCH3 is 1. The molecule has 1 N–H and O–H groups in total. The van der Waals surface area contributed by atoms with Gasteiger partial charge in [-0.3, -0.25) is 19.7 Å². The zero-order chi connectivity index (χ0) is 23.9. The Bertz CT molecular complexity index is 1060. The predicted octanol–water partition coefficient (Wildman–Crippen LogP) is 3.59. The van der Waals surface area contributed by atoms with E-state index in [2.05, 4.69) is 19.2 Å². The molecule has 0 spiro atoms. The molecule has 0 saturated carbocycles. The number of fused-ring (bicyclic) bond motifs is 1. The molecule has 2 aliphatic rings. The van der Waals surface area contributed by atoms with E-state index in [9.17, 15) is 14.4 Å². The van der Waals surface area contributed by atoms with E-state index in [0.717, 1.165) is 5.56 Å². The van der Waals surface area contributed by atoms with Crippen molar-refractivity contribution < 1.29 is 23.9 Å². The first-order chi connectivity index (χ1) is 15.7. The SMILES string of the molecule is CCOC(=O)[C@]1(C)N[C@H](c2ccc(C(C)C)cc2)[C@@H]2C(=O)N(c3ccc(OC)cc3)C(=O)[C@H]21. The Kier molecular flexibility index (Phi) is 6.01. The number of carbonyl (C=O) groups is 3. The maximum Gasteiger partial charge on any atom is 0.326 e. The molecular weight excluding hydrogens is 420 g/mol. The second-order valence-electron chi connectivity index (χ2n) is 9.08. The highest BCUT2D eigenvalue weighted by Gasteiger charge is 2.67. The third-order valence-electron chi connectivity index (χ3n) is 6.78. The van der Waals surface area contributed by atoms with Crippen LogP contribution in [-0.2, 0) is 19.1 Å². The van der Waals surface area contributed by atoms with Gasteiger partial charge in [-0.2, -0.15) is 0 Å². The first kappa shape index (κ1) is 23.0. The van der Waals surface area contributed by atoms with E-state index in [1.807, 2.05) is 24.3 Å². The lowest BCUT2D eigenvalue weighted by Gasteiger charge is -2.29. The Balaban J connectivity index is 1.77. The second-order valence-corrected chi connectivity index (χ2v) is 9.08. The summed E-state index contributed by atoms with van der Waals surface area (Å²) in [5.74, 6) is -1.86. The van der Waals surface area contributed by atoms with Crippen molar-refractivity contribution >= 4 is 23.5 Å². The Morgan fingerprint density at radius 1 is 1.06 bits per heavy atom. The van der Waals surface area contributed by atoms with Crippen molar-refractivity contribution in [3.63, 3.8) is 0 Å². The topological polar surface area (TPSA) is 84.9 Å². The van der Waals surface area contributed by atoms with Gasteiger partial charge < -0.3 is 9.47 Å². The zero-order valence-corrected chi connectivity index (χ0v) is 19.6. The molecule has 2 saturated heterocycles. The molecule has 4 atom stereocenters. The smallest absolute Gasteiger partial charge is 0.326 e. The highest BCUT2D eigenvalue weighted by Crippen LogP contribution is 2.50. The lowest BCUT2D eigenvalue weighted by Crippen LogP contribution is -2.54. The summed E-state index contributed by atoms with van der Waals surface area (Å²) >= 11 is 0. The normalized spacial score (nSPS) is 26.6. The van der Waals surface area contributed by atoms with Crippen molar-refractivity contribution in [2.24, 2.45) is 11.8 Å². The quantitative estimate of drug-likeness (QED) is 0.535. The summed E-state index contributed by atoms with van der Waals surface area (Å²) in [5.41, 5.74) is 1.17. The van der Waals surface area contributed by atoms with E-state index in [-0.39, 0.29) is 12.5 Å². The summed E-state index contributed by atoms with van der Waals surface area (Å²) in [6.45, 7) is 7.80. The number of anilines is 1. The molecule has 7 nitrogen and oxygen atoms in total. The van der Waals surface area contributed by atoms with Crippen molar-refractivity contribution in [3.05, 3.63) is 59.7 Å². The van der Waals surface area contributed by atoms with Gasteiger partial charge in [-0.1, -0.05) is 38.1 Å². The fourth-order valence-electron chi connectivity index (χ4n) is 4.97. The maximum atomic E-state index is 13.7. The van der Waals surface area contributed by atoms with E-state index >= 15 is 0 Å². The number of rotatable bonds is 6. The monoisotopic (exact) mass is 450 g/mol. The number of imide groups is 1. The van der Waals surface area contributed by atoms with Gasteiger partial charge in [-0.25, -0.2) is 4.90 Å². The van der Waals surface area contributed by atoms with Gasteiger partial charge in [-0.05, 0) is 55.2 Å². The first-order valence-electron chi connectivity index (χ1n) is 11.3. The van der Waals surface area contributed by atoms with Crippen molar-refractivity contribution in [3.8, 4) is 5.75 Å². The molecule has 0 bridgehead atoms. The van der Waals surface area contributed by atoms with Crippen LogP contribution in [0.4, 0.5) is 5.69 Å².